The third kappa shape index (κ3) is 3.90. The number of nitrogens with zero attached hydrogens (tertiary/aromatic N) is 3. The van der Waals surface area contributed by atoms with Crippen LogP contribution in [0.4, 0.5) is 0 Å². The van der Waals surface area contributed by atoms with Crippen molar-refractivity contribution >= 4 is 17.4 Å². The van der Waals surface area contributed by atoms with Crippen molar-refractivity contribution in [1.29, 1.82) is 0 Å². The number of likely N-dealkylation sites (N-methyl/N-ethyl adjacent to an activating group) is 1. The summed E-state index contributed by atoms with van der Waals surface area (Å²) in [6.07, 6.45) is 6.24. The van der Waals surface area contributed by atoms with Crippen molar-refractivity contribution in [2.75, 3.05) is 21.1 Å². The van der Waals surface area contributed by atoms with Crippen molar-refractivity contribution in [3.63, 3.8) is 0 Å². The summed E-state index contributed by atoms with van der Waals surface area (Å²) in [4.78, 5) is 11.0. The van der Waals surface area contributed by atoms with Crippen LogP contribution >= 0.6 is 0 Å². The van der Waals surface area contributed by atoms with Gasteiger partial charge in [-0.15, -0.1) is 0 Å². The average molecular weight is 336 g/mol. The third-order valence-electron chi connectivity index (χ3n) is 4.50. The van der Waals surface area contributed by atoms with Gasteiger partial charge in [-0.3, -0.25) is 9.98 Å². The third-order valence-corrected chi connectivity index (χ3v) is 4.50. The van der Waals surface area contributed by atoms with E-state index in [9.17, 15) is 0 Å². The molecule has 0 saturated heterocycles. The molecule has 1 aliphatic carbocycles. The molecule has 2 rings (SSSR count). The number of hydrogen-bond acceptors (Lipinski definition) is 2. The standard InChI is InChI=1S/C21H28N4/c1-15-11-7-8-12-18(15)16(2)25(17(3)22-4)20-14-10-9-13-19(20)21(23-5)24-6/h7-9,11-13H,2,10,14H2,1,3-6H3,(H,23,24). The Balaban J connectivity index is 2.63. The van der Waals surface area contributed by atoms with Crippen LogP contribution in [0.2, 0.25) is 0 Å². The predicted octanol–water partition coefficient (Wildman–Crippen LogP) is 4.17. The molecule has 4 nitrogen and oxygen atoms in total. The number of hydrogen-bond donors (Lipinski definition) is 1. The largest absolute Gasteiger partial charge is 0.373 e. The van der Waals surface area contributed by atoms with Crippen molar-refractivity contribution in [3.05, 3.63) is 65.4 Å². The lowest BCUT2D eigenvalue weighted by Gasteiger charge is -2.32. The molecule has 4 heteroatoms. The molecule has 132 valence electrons. The minimum atomic E-state index is 0.873. The van der Waals surface area contributed by atoms with E-state index in [1.807, 2.05) is 33.2 Å². The van der Waals surface area contributed by atoms with Gasteiger partial charge in [0, 0.05) is 43.7 Å². The van der Waals surface area contributed by atoms with Crippen molar-refractivity contribution in [2.24, 2.45) is 9.98 Å². The van der Waals surface area contributed by atoms with Crippen molar-refractivity contribution in [1.82, 2.24) is 10.2 Å². The van der Waals surface area contributed by atoms with E-state index in [-0.39, 0.29) is 0 Å². The lowest BCUT2D eigenvalue weighted by molar-refractivity contribution is 0.649. The lowest BCUT2D eigenvalue weighted by atomic mass is 9.98. The van der Waals surface area contributed by atoms with Gasteiger partial charge >= 0.3 is 0 Å². The highest BCUT2D eigenvalue weighted by molar-refractivity contribution is 6.03. The highest BCUT2D eigenvalue weighted by atomic mass is 15.2. The zero-order valence-corrected chi connectivity index (χ0v) is 15.9. The van der Waals surface area contributed by atoms with Gasteiger partial charge in [0.05, 0.1) is 0 Å². The Bertz CT molecular complexity index is 766. The fourth-order valence-corrected chi connectivity index (χ4v) is 3.14. The first-order valence-electron chi connectivity index (χ1n) is 8.58. The van der Waals surface area contributed by atoms with Crippen LogP contribution in [-0.4, -0.2) is 37.7 Å². The summed E-state index contributed by atoms with van der Waals surface area (Å²) in [5.74, 6) is 1.79. The van der Waals surface area contributed by atoms with Crippen molar-refractivity contribution in [2.45, 2.75) is 26.7 Å². The molecule has 0 radical (unpaired) electrons. The van der Waals surface area contributed by atoms with E-state index in [2.05, 4.69) is 58.0 Å². The van der Waals surface area contributed by atoms with Gasteiger partial charge in [0.15, 0.2) is 0 Å². The second-order valence-corrected chi connectivity index (χ2v) is 5.99. The van der Waals surface area contributed by atoms with Crippen molar-refractivity contribution in [3.8, 4) is 0 Å². The number of aliphatic imine (C=N–C) groups is 2. The molecule has 0 aliphatic heterocycles. The van der Waals surface area contributed by atoms with E-state index in [4.69, 9.17) is 0 Å². The van der Waals surface area contributed by atoms with Gasteiger partial charge in [-0.2, -0.15) is 0 Å². The summed E-state index contributed by atoms with van der Waals surface area (Å²) < 4.78 is 0. The lowest BCUT2D eigenvalue weighted by Crippen LogP contribution is -2.32. The van der Waals surface area contributed by atoms with Crippen LogP contribution in [0.15, 0.2) is 64.3 Å². The normalized spacial score (nSPS) is 15.4. The summed E-state index contributed by atoms with van der Waals surface area (Å²) in [6, 6.07) is 8.32. The molecule has 0 amide bonds. The maximum absolute atomic E-state index is 4.45. The molecule has 0 bridgehead atoms. The molecule has 0 heterocycles. The van der Waals surface area contributed by atoms with Gasteiger partial charge in [-0.25, -0.2) is 0 Å². The van der Waals surface area contributed by atoms with Gasteiger partial charge in [-0.05, 0) is 32.3 Å². The molecule has 0 spiro atoms. The van der Waals surface area contributed by atoms with Gasteiger partial charge in [0.1, 0.15) is 11.7 Å². The monoisotopic (exact) mass is 336 g/mol. The number of allylic oxidation sites excluding steroid dienone is 2. The number of nitrogens with one attached hydrogen (secondary N) is 1. The quantitative estimate of drug-likeness (QED) is 0.662. The highest BCUT2D eigenvalue weighted by Gasteiger charge is 2.23. The SMILES string of the molecule is C=C(c1ccccc1C)N(C(C)=NC)C1=C(C(=NC)NC)C=CCC1. The summed E-state index contributed by atoms with van der Waals surface area (Å²) >= 11 is 0. The van der Waals surface area contributed by atoms with Crippen LogP contribution < -0.4 is 5.32 Å². The molecule has 1 aromatic carbocycles. The number of aryl methyl sites for hydroxylation is 1. The minimum absolute atomic E-state index is 0.873. The zero-order chi connectivity index (χ0) is 18.4. The first kappa shape index (κ1) is 18.7. The molecular formula is C21H28N4. The molecule has 0 aromatic heterocycles. The Morgan fingerprint density at radius 3 is 2.52 bits per heavy atom. The fraction of sp³-hybridized carbons (Fsp3) is 0.333. The Morgan fingerprint density at radius 1 is 1.20 bits per heavy atom. The Kier molecular flexibility index (Phi) is 6.34. The summed E-state index contributed by atoms with van der Waals surface area (Å²) in [6.45, 7) is 8.54. The molecule has 0 unspecified atom stereocenters. The smallest absolute Gasteiger partial charge is 0.129 e. The second kappa shape index (κ2) is 8.47. The Morgan fingerprint density at radius 2 is 1.92 bits per heavy atom. The Hall–Kier alpha value is -2.62. The van der Waals surface area contributed by atoms with Crippen molar-refractivity contribution < 1.29 is 0 Å². The van der Waals surface area contributed by atoms with Crippen LogP contribution in [0, 0.1) is 6.92 Å². The van der Waals surface area contributed by atoms with E-state index < -0.39 is 0 Å². The van der Waals surface area contributed by atoms with E-state index in [0.29, 0.717) is 0 Å². The van der Waals surface area contributed by atoms with E-state index in [1.165, 1.54) is 11.3 Å². The van der Waals surface area contributed by atoms with E-state index in [1.54, 1.807) is 7.05 Å². The minimum Gasteiger partial charge on any atom is -0.373 e. The molecular weight excluding hydrogens is 308 g/mol. The van der Waals surface area contributed by atoms with Crippen LogP contribution in [0.25, 0.3) is 5.70 Å². The molecule has 1 aromatic rings. The summed E-state index contributed by atoms with van der Waals surface area (Å²) in [5, 5.41) is 3.20. The predicted molar refractivity (Wildman–Crippen MR) is 109 cm³/mol. The first-order chi connectivity index (χ1) is 12.0. The summed E-state index contributed by atoms with van der Waals surface area (Å²) in [5.41, 5.74) is 5.54. The van der Waals surface area contributed by atoms with Crippen LogP contribution in [0.5, 0.6) is 0 Å². The van der Waals surface area contributed by atoms with Gasteiger partial charge in [0.25, 0.3) is 0 Å². The Labute approximate surface area is 151 Å². The molecule has 0 saturated carbocycles. The maximum Gasteiger partial charge on any atom is 0.129 e. The van der Waals surface area contributed by atoms with Crippen LogP contribution in [0.3, 0.4) is 0 Å². The van der Waals surface area contributed by atoms with E-state index >= 15 is 0 Å². The molecule has 0 atom stereocenters. The molecule has 1 N–H and O–H groups in total. The van der Waals surface area contributed by atoms with Gasteiger partial charge in [-0.1, -0.05) is 43.0 Å². The fourth-order valence-electron chi connectivity index (χ4n) is 3.14. The first-order valence-corrected chi connectivity index (χ1v) is 8.58. The van der Waals surface area contributed by atoms with Gasteiger partial charge < -0.3 is 10.2 Å². The molecule has 1 aliphatic rings. The number of amidine groups is 2. The number of rotatable bonds is 4. The average Bonchev–Trinajstić information content (AvgIpc) is 2.64. The topological polar surface area (TPSA) is 40.0 Å². The second-order valence-electron chi connectivity index (χ2n) is 5.99. The molecule has 25 heavy (non-hydrogen) atoms. The van der Waals surface area contributed by atoms with E-state index in [0.717, 1.165) is 41.3 Å². The summed E-state index contributed by atoms with van der Waals surface area (Å²) in [7, 11) is 5.52. The highest BCUT2D eigenvalue weighted by Crippen LogP contribution is 2.31. The molecule has 0 fully saturated rings. The maximum atomic E-state index is 4.45. The number of benzene rings is 1. The zero-order valence-electron chi connectivity index (χ0n) is 15.9. The van der Waals surface area contributed by atoms with Gasteiger partial charge in [0.2, 0.25) is 0 Å². The van der Waals surface area contributed by atoms with Crippen LogP contribution in [-0.2, 0) is 0 Å². The van der Waals surface area contributed by atoms with Crippen LogP contribution in [0.1, 0.15) is 30.9 Å².